The Balaban J connectivity index is 4.17. The minimum atomic E-state index is -0.173. The van der Waals surface area contributed by atoms with Crippen molar-refractivity contribution in [3.63, 3.8) is 0 Å². The van der Waals surface area contributed by atoms with Crippen molar-refractivity contribution in [2.24, 2.45) is 11.8 Å². The van der Waals surface area contributed by atoms with Crippen molar-refractivity contribution >= 4 is 11.6 Å². The van der Waals surface area contributed by atoms with Crippen LogP contribution in [0.1, 0.15) is 53.4 Å². The lowest BCUT2D eigenvalue weighted by Crippen LogP contribution is -2.27. The molecule has 82 valence electrons. The van der Waals surface area contributed by atoms with Crippen molar-refractivity contribution in [1.29, 1.82) is 0 Å². The van der Waals surface area contributed by atoms with E-state index in [0.29, 0.717) is 0 Å². The molecule has 0 N–H and O–H groups in total. The van der Waals surface area contributed by atoms with Gasteiger partial charge in [-0.2, -0.15) is 0 Å². The molecule has 2 unspecified atom stereocenters. The predicted molar refractivity (Wildman–Crippen MR) is 58.2 cm³/mol. The van der Waals surface area contributed by atoms with Gasteiger partial charge in [0.25, 0.3) is 0 Å². The fraction of sp³-hybridized carbons (Fsp3) is 0.833. The lowest BCUT2D eigenvalue weighted by Gasteiger charge is -2.12. The molecule has 0 rings (SSSR count). The molecule has 2 heteroatoms. The summed E-state index contributed by atoms with van der Waals surface area (Å²) in [5.74, 6) is -0.529. The van der Waals surface area contributed by atoms with Gasteiger partial charge >= 0.3 is 0 Å². The third-order valence-corrected chi connectivity index (χ3v) is 2.58. The van der Waals surface area contributed by atoms with Crippen molar-refractivity contribution in [2.45, 2.75) is 53.4 Å². The molecule has 0 aliphatic rings. The Morgan fingerprint density at radius 3 is 1.36 bits per heavy atom. The number of rotatable bonds is 7. The summed E-state index contributed by atoms with van der Waals surface area (Å²) < 4.78 is 0. The normalized spacial score (nSPS) is 14.9. The van der Waals surface area contributed by atoms with Crippen LogP contribution in [0.4, 0.5) is 0 Å². The molecule has 0 amide bonds. The van der Waals surface area contributed by atoms with Gasteiger partial charge in [0.2, 0.25) is 11.6 Å². The molecule has 0 aliphatic heterocycles. The summed E-state index contributed by atoms with van der Waals surface area (Å²) in [6.45, 7) is 7.76. The van der Waals surface area contributed by atoms with Gasteiger partial charge in [0.1, 0.15) is 0 Å². The molecule has 14 heavy (non-hydrogen) atoms. The van der Waals surface area contributed by atoms with E-state index < -0.39 is 0 Å². The zero-order valence-electron chi connectivity index (χ0n) is 9.80. The lowest BCUT2D eigenvalue weighted by molar-refractivity contribution is -0.140. The van der Waals surface area contributed by atoms with Crippen LogP contribution in [0.2, 0.25) is 0 Å². The second-order valence-corrected chi connectivity index (χ2v) is 4.11. The molecule has 0 radical (unpaired) electrons. The molecule has 0 aromatic rings. The Kier molecular flexibility index (Phi) is 6.43. The van der Waals surface area contributed by atoms with Crippen LogP contribution in [0.25, 0.3) is 0 Å². The first-order chi connectivity index (χ1) is 6.54. The van der Waals surface area contributed by atoms with E-state index in [0.717, 1.165) is 25.7 Å². The topological polar surface area (TPSA) is 34.1 Å². The monoisotopic (exact) mass is 198 g/mol. The quantitative estimate of drug-likeness (QED) is 0.589. The Morgan fingerprint density at radius 1 is 0.857 bits per heavy atom. The van der Waals surface area contributed by atoms with E-state index in [2.05, 4.69) is 0 Å². The second-order valence-electron chi connectivity index (χ2n) is 4.11. The third kappa shape index (κ3) is 4.03. The van der Waals surface area contributed by atoms with E-state index in [4.69, 9.17) is 0 Å². The highest BCUT2D eigenvalue weighted by Crippen LogP contribution is 2.13. The Hall–Kier alpha value is -0.660. The van der Waals surface area contributed by atoms with Crippen LogP contribution in [0.15, 0.2) is 0 Å². The fourth-order valence-electron chi connectivity index (χ4n) is 1.61. The first-order valence-electron chi connectivity index (χ1n) is 5.62. The molecule has 0 bridgehead atoms. The Bertz CT molecular complexity index is 174. The van der Waals surface area contributed by atoms with Crippen molar-refractivity contribution in [3.05, 3.63) is 0 Å². The average molecular weight is 198 g/mol. The van der Waals surface area contributed by atoms with Crippen molar-refractivity contribution in [2.75, 3.05) is 0 Å². The third-order valence-electron chi connectivity index (χ3n) is 2.58. The van der Waals surface area contributed by atoms with E-state index in [9.17, 15) is 9.59 Å². The van der Waals surface area contributed by atoms with Crippen LogP contribution in [-0.4, -0.2) is 11.6 Å². The van der Waals surface area contributed by atoms with E-state index in [1.54, 1.807) is 0 Å². The molecular weight excluding hydrogens is 176 g/mol. The van der Waals surface area contributed by atoms with Gasteiger partial charge in [0.15, 0.2) is 0 Å². The smallest absolute Gasteiger partial charge is 0.201 e. The van der Waals surface area contributed by atoms with Gasteiger partial charge in [-0.15, -0.1) is 0 Å². The Labute approximate surface area is 87.1 Å². The number of hydrogen-bond donors (Lipinski definition) is 0. The molecule has 2 nitrogen and oxygen atoms in total. The van der Waals surface area contributed by atoms with Crippen molar-refractivity contribution in [1.82, 2.24) is 0 Å². The molecule has 0 spiro atoms. The fourth-order valence-corrected chi connectivity index (χ4v) is 1.61. The maximum Gasteiger partial charge on any atom is 0.201 e. The second kappa shape index (κ2) is 6.74. The van der Waals surface area contributed by atoms with Crippen LogP contribution in [-0.2, 0) is 9.59 Å². The standard InChI is InChI=1S/C12H22O2/c1-5-7-9(3)11(13)12(14)10(4)8-6-2/h9-10H,5-8H2,1-4H3. The molecule has 0 saturated carbocycles. The SMILES string of the molecule is CCCC(C)C(=O)C(=O)C(C)CCC. The molecule has 2 atom stereocenters. The summed E-state index contributed by atoms with van der Waals surface area (Å²) in [5, 5.41) is 0. The summed E-state index contributed by atoms with van der Waals surface area (Å²) in [4.78, 5) is 23.2. The maximum atomic E-state index is 11.6. The molecule has 0 aliphatic carbocycles. The first kappa shape index (κ1) is 13.3. The number of carbonyl (C=O) groups is 2. The van der Waals surface area contributed by atoms with Gasteiger partial charge in [-0.05, 0) is 12.8 Å². The number of Topliss-reactive ketones (excluding diaryl/α,β-unsaturated/α-hetero) is 2. The van der Waals surface area contributed by atoms with Gasteiger partial charge in [0, 0.05) is 11.8 Å². The number of ketones is 2. The predicted octanol–water partition coefficient (Wildman–Crippen LogP) is 3.00. The van der Waals surface area contributed by atoms with E-state index in [-0.39, 0.29) is 23.4 Å². The average Bonchev–Trinajstić information content (AvgIpc) is 2.16. The molecule has 0 aromatic heterocycles. The summed E-state index contributed by atoms with van der Waals surface area (Å²) in [5.41, 5.74) is 0. The highest BCUT2D eigenvalue weighted by Gasteiger charge is 2.24. The zero-order valence-corrected chi connectivity index (χ0v) is 9.80. The highest BCUT2D eigenvalue weighted by atomic mass is 16.2. The highest BCUT2D eigenvalue weighted by molar-refractivity contribution is 6.38. The molecule has 0 fully saturated rings. The van der Waals surface area contributed by atoms with Gasteiger partial charge in [-0.1, -0.05) is 40.5 Å². The summed E-state index contributed by atoms with van der Waals surface area (Å²) in [7, 11) is 0. The van der Waals surface area contributed by atoms with Crippen molar-refractivity contribution < 1.29 is 9.59 Å². The minimum Gasteiger partial charge on any atom is -0.291 e. The minimum absolute atomic E-state index is 0.0909. The van der Waals surface area contributed by atoms with Gasteiger partial charge < -0.3 is 0 Å². The summed E-state index contributed by atoms with van der Waals surface area (Å²) >= 11 is 0. The van der Waals surface area contributed by atoms with Gasteiger partial charge in [0.05, 0.1) is 0 Å². The van der Waals surface area contributed by atoms with Crippen LogP contribution in [0.3, 0.4) is 0 Å². The van der Waals surface area contributed by atoms with Crippen LogP contribution in [0.5, 0.6) is 0 Å². The van der Waals surface area contributed by atoms with E-state index >= 15 is 0 Å². The van der Waals surface area contributed by atoms with Crippen LogP contribution < -0.4 is 0 Å². The molecule has 0 saturated heterocycles. The van der Waals surface area contributed by atoms with Crippen LogP contribution >= 0.6 is 0 Å². The van der Waals surface area contributed by atoms with E-state index in [1.807, 2.05) is 27.7 Å². The summed E-state index contributed by atoms with van der Waals surface area (Å²) in [6, 6.07) is 0. The zero-order chi connectivity index (χ0) is 11.1. The van der Waals surface area contributed by atoms with Crippen LogP contribution in [0, 0.1) is 11.8 Å². The summed E-state index contributed by atoms with van der Waals surface area (Å²) in [6.07, 6.45) is 3.57. The maximum absolute atomic E-state index is 11.6. The molecule has 0 heterocycles. The molecular formula is C12H22O2. The van der Waals surface area contributed by atoms with E-state index in [1.165, 1.54) is 0 Å². The molecule has 0 aromatic carbocycles. The number of carbonyl (C=O) groups excluding carboxylic acids is 2. The largest absolute Gasteiger partial charge is 0.291 e. The van der Waals surface area contributed by atoms with Gasteiger partial charge in [-0.3, -0.25) is 9.59 Å². The first-order valence-corrected chi connectivity index (χ1v) is 5.62. The lowest BCUT2D eigenvalue weighted by atomic mass is 9.90. The van der Waals surface area contributed by atoms with Gasteiger partial charge in [-0.25, -0.2) is 0 Å². The Morgan fingerprint density at radius 2 is 1.14 bits per heavy atom. The van der Waals surface area contributed by atoms with Crippen molar-refractivity contribution in [3.8, 4) is 0 Å². The number of hydrogen-bond acceptors (Lipinski definition) is 2.